The predicted molar refractivity (Wildman–Crippen MR) is 81.3 cm³/mol. The summed E-state index contributed by atoms with van der Waals surface area (Å²) in [7, 11) is 0. The molecule has 0 atom stereocenters. The van der Waals surface area contributed by atoms with E-state index in [-0.39, 0.29) is 16.5 Å². The van der Waals surface area contributed by atoms with Crippen LogP contribution >= 0.6 is 11.3 Å². The molecule has 0 aliphatic heterocycles. The highest BCUT2D eigenvalue weighted by atomic mass is 32.1. The number of fused-ring (bicyclic) bond motifs is 1. The van der Waals surface area contributed by atoms with Crippen LogP contribution in [0.1, 0.15) is 22.2 Å². The summed E-state index contributed by atoms with van der Waals surface area (Å²) in [5.74, 6) is -2.94. The van der Waals surface area contributed by atoms with E-state index in [0.717, 1.165) is 22.2 Å². The Bertz CT molecular complexity index is 889. The number of nitrogens with zero attached hydrogens (tertiary/aromatic N) is 1. The number of carbonyl (C=O) groups is 1. The Labute approximate surface area is 128 Å². The van der Waals surface area contributed by atoms with Gasteiger partial charge in [-0.05, 0) is 30.7 Å². The molecule has 6 heteroatoms. The number of benzene rings is 1. The topological polar surface area (TPSA) is 50.2 Å². The van der Waals surface area contributed by atoms with E-state index in [2.05, 4.69) is 4.98 Å². The lowest BCUT2D eigenvalue weighted by Gasteiger charge is -2.07. The monoisotopic (exact) mass is 319 g/mol. The third-order valence-corrected chi connectivity index (χ3v) is 4.58. The second kappa shape index (κ2) is 5.46. The van der Waals surface area contributed by atoms with Crippen molar-refractivity contribution in [2.75, 3.05) is 0 Å². The Hall–Kier alpha value is -2.34. The standard InChI is InChI=1S/C16H11F2NO2S/c1-2-9-3-4-14(22-9)13-7-11(16(20)21)10-5-8(17)6-12(18)15(10)19-13/h3-7H,2H2,1H3,(H,20,21). The first-order chi connectivity index (χ1) is 10.5. The minimum absolute atomic E-state index is 0.0407. The van der Waals surface area contributed by atoms with Gasteiger partial charge in [0.25, 0.3) is 0 Å². The smallest absolute Gasteiger partial charge is 0.336 e. The summed E-state index contributed by atoms with van der Waals surface area (Å²) in [6.45, 7) is 2.01. The highest BCUT2D eigenvalue weighted by molar-refractivity contribution is 7.15. The van der Waals surface area contributed by atoms with E-state index in [9.17, 15) is 18.7 Å². The number of hydrogen-bond acceptors (Lipinski definition) is 3. The lowest BCUT2D eigenvalue weighted by Crippen LogP contribution is -2.01. The molecule has 1 aromatic carbocycles. The van der Waals surface area contributed by atoms with Crippen LogP contribution in [0.3, 0.4) is 0 Å². The van der Waals surface area contributed by atoms with Crippen LogP contribution < -0.4 is 0 Å². The Morgan fingerprint density at radius 1 is 1.27 bits per heavy atom. The number of carboxylic acid groups (broad SMARTS) is 1. The second-order valence-corrected chi connectivity index (χ2v) is 5.93. The SMILES string of the molecule is CCc1ccc(-c2cc(C(=O)O)c3cc(F)cc(F)c3n2)s1. The molecule has 0 radical (unpaired) electrons. The number of hydrogen-bond donors (Lipinski definition) is 1. The van der Waals surface area contributed by atoms with E-state index in [0.29, 0.717) is 11.8 Å². The van der Waals surface area contributed by atoms with Crippen LogP contribution in [0, 0.1) is 11.6 Å². The van der Waals surface area contributed by atoms with Gasteiger partial charge >= 0.3 is 5.97 Å². The molecule has 0 unspecified atom stereocenters. The molecule has 0 fully saturated rings. The summed E-state index contributed by atoms with van der Waals surface area (Å²) < 4.78 is 27.3. The molecule has 112 valence electrons. The minimum atomic E-state index is -1.24. The zero-order chi connectivity index (χ0) is 15.9. The zero-order valence-corrected chi connectivity index (χ0v) is 12.4. The zero-order valence-electron chi connectivity index (χ0n) is 11.6. The molecule has 0 saturated heterocycles. The van der Waals surface area contributed by atoms with E-state index in [4.69, 9.17) is 0 Å². The maximum Gasteiger partial charge on any atom is 0.336 e. The van der Waals surface area contributed by atoms with Gasteiger partial charge in [0.1, 0.15) is 11.3 Å². The summed E-state index contributed by atoms with van der Waals surface area (Å²) in [6, 6.07) is 6.80. The lowest BCUT2D eigenvalue weighted by atomic mass is 10.1. The van der Waals surface area contributed by atoms with Gasteiger partial charge in [-0.25, -0.2) is 18.6 Å². The molecule has 3 rings (SSSR count). The van der Waals surface area contributed by atoms with Gasteiger partial charge in [-0.2, -0.15) is 0 Å². The van der Waals surface area contributed by atoms with E-state index in [1.54, 1.807) is 0 Å². The molecule has 0 amide bonds. The van der Waals surface area contributed by atoms with Crippen molar-refractivity contribution in [2.45, 2.75) is 13.3 Å². The van der Waals surface area contributed by atoms with Crippen molar-refractivity contribution in [3.05, 3.63) is 52.4 Å². The average molecular weight is 319 g/mol. The Balaban J connectivity index is 2.31. The number of aryl methyl sites for hydroxylation is 1. The van der Waals surface area contributed by atoms with Crippen LogP contribution in [0.5, 0.6) is 0 Å². The summed E-state index contributed by atoms with van der Waals surface area (Å²) in [5, 5.41) is 9.28. The first kappa shape index (κ1) is 14.6. The van der Waals surface area contributed by atoms with E-state index >= 15 is 0 Å². The van der Waals surface area contributed by atoms with Crippen molar-refractivity contribution in [3.63, 3.8) is 0 Å². The fourth-order valence-corrected chi connectivity index (χ4v) is 3.17. The van der Waals surface area contributed by atoms with Gasteiger partial charge in [0.05, 0.1) is 16.1 Å². The molecule has 0 aliphatic carbocycles. The highest BCUT2D eigenvalue weighted by Gasteiger charge is 2.17. The van der Waals surface area contributed by atoms with Gasteiger partial charge in [0.15, 0.2) is 5.82 Å². The molecule has 2 aromatic heterocycles. The molecule has 2 heterocycles. The summed E-state index contributed by atoms with van der Waals surface area (Å²) >= 11 is 1.47. The Morgan fingerprint density at radius 2 is 2.05 bits per heavy atom. The third kappa shape index (κ3) is 2.46. The number of pyridine rings is 1. The van der Waals surface area contributed by atoms with E-state index < -0.39 is 17.6 Å². The molecular formula is C16H11F2NO2S. The molecule has 0 saturated carbocycles. The van der Waals surface area contributed by atoms with Crippen molar-refractivity contribution >= 4 is 28.2 Å². The molecule has 1 N–H and O–H groups in total. The molecule has 0 aliphatic rings. The molecule has 0 bridgehead atoms. The van der Waals surface area contributed by atoms with Crippen molar-refractivity contribution in [1.82, 2.24) is 4.98 Å². The van der Waals surface area contributed by atoms with Gasteiger partial charge in [-0.15, -0.1) is 11.3 Å². The lowest BCUT2D eigenvalue weighted by molar-refractivity contribution is 0.0699. The number of aromatic carboxylic acids is 1. The molecule has 3 nitrogen and oxygen atoms in total. The van der Waals surface area contributed by atoms with Gasteiger partial charge in [0, 0.05) is 16.3 Å². The van der Waals surface area contributed by atoms with Crippen LogP contribution in [-0.4, -0.2) is 16.1 Å². The molecule has 3 aromatic rings. The van der Waals surface area contributed by atoms with Crippen LogP contribution in [0.15, 0.2) is 30.3 Å². The number of aromatic nitrogens is 1. The molecule has 22 heavy (non-hydrogen) atoms. The first-order valence-electron chi connectivity index (χ1n) is 6.61. The number of thiophene rings is 1. The van der Waals surface area contributed by atoms with Crippen molar-refractivity contribution in [2.24, 2.45) is 0 Å². The van der Waals surface area contributed by atoms with E-state index in [1.165, 1.54) is 17.4 Å². The molecule has 0 spiro atoms. The average Bonchev–Trinajstić information content (AvgIpc) is 2.95. The van der Waals surface area contributed by atoms with Crippen molar-refractivity contribution < 1.29 is 18.7 Å². The largest absolute Gasteiger partial charge is 0.478 e. The summed E-state index contributed by atoms with van der Waals surface area (Å²) in [5.41, 5.74) is 0.0766. The van der Waals surface area contributed by atoms with Crippen molar-refractivity contribution in [1.29, 1.82) is 0 Å². The van der Waals surface area contributed by atoms with Crippen molar-refractivity contribution in [3.8, 4) is 10.6 Å². The number of rotatable bonds is 3. The quantitative estimate of drug-likeness (QED) is 0.773. The Kier molecular flexibility index (Phi) is 3.62. The first-order valence-corrected chi connectivity index (χ1v) is 7.43. The minimum Gasteiger partial charge on any atom is -0.478 e. The fraction of sp³-hybridized carbons (Fsp3) is 0.125. The number of carboxylic acids is 1. The predicted octanol–water partition coefficient (Wildman–Crippen LogP) is 4.50. The van der Waals surface area contributed by atoms with Gasteiger partial charge < -0.3 is 5.11 Å². The van der Waals surface area contributed by atoms with Crippen LogP contribution in [0.2, 0.25) is 0 Å². The summed E-state index contributed by atoms with van der Waals surface area (Å²) in [6.07, 6.45) is 0.851. The maximum absolute atomic E-state index is 14.0. The van der Waals surface area contributed by atoms with Gasteiger partial charge in [-0.3, -0.25) is 0 Å². The highest BCUT2D eigenvalue weighted by Crippen LogP contribution is 2.31. The maximum atomic E-state index is 14.0. The van der Waals surface area contributed by atoms with Gasteiger partial charge in [-0.1, -0.05) is 6.92 Å². The third-order valence-electron chi connectivity index (χ3n) is 3.32. The Morgan fingerprint density at radius 3 is 2.68 bits per heavy atom. The summed E-state index contributed by atoms with van der Waals surface area (Å²) in [4.78, 5) is 17.5. The number of halogens is 2. The van der Waals surface area contributed by atoms with Crippen LogP contribution in [0.4, 0.5) is 8.78 Å². The van der Waals surface area contributed by atoms with Crippen LogP contribution in [-0.2, 0) is 6.42 Å². The molecular weight excluding hydrogens is 308 g/mol. The van der Waals surface area contributed by atoms with Gasteiger partial charge in [0.2, 0.25) is 0 Å². The fourth-order valence-electron chi connectivity index (χ4n) is 2.26. The normalized spacial score (nSPS) is 11.0. The van der Waals surface area contributed by atoms with Crippen LogP contribution in [0.25, 0.3) is 21.5 Å². The second-order valence-electron chi connectivity index (χ2n) is 4.76. The van der Waals surface area contributed by atoms with E-state index in [1.807, 2.05) is 19.1 Å².